The van der Waals surface area contributed by atoms with Crippen LogP contribution < -0.4 is 15.8 Å². The molecule has 3 N–H and O–H groups in total. The number of nitrogen functional groups attached to an aromatic ring is 1. The molecule has 6 nitrogen and oxygen atoms in total. The normalized spacial score (nSPS) is 10.5. The van der Waals surface area contributed by atoms with Crippen LogP contribution >= 0.6 is 0 Å². The number of hydrogen-bond donors (Lipinski definition) is 2. The molecule has 0 fully saturated rings. The molecule has 0 spiro atoms. The van der Waals surface area contributed by atoms with E-state index in [1.807, 2.05) is 26.1 Å². The second-order valence-corrected chi connectivity index (χ2v) is 6.74. The number of hydrogen-bond acceptors (Lipinski definition) is 5. The molecule has 29 heavy (non-hydrogen) atoms. The molecule has 0 saturated carbocycles. The number of unbranched alkanes of at least 4 members (excludes halogenated alkanes) is 2. The first-order valence-corrected chi connectivity index (χ1v) is 10.7. The van der Waals surface area contributed by atoms with Crippen LogP contribution in [-0.4, -0.2) is 28.2 Å². The van der Waals surface area contributed by atoms with Gasteiger partial charge < -0.3 is 20.4 Å². The van der Waals surface area contributed by atoms with Crippen molar-refractivity contribution in [2.24, 2.45) is 0 Å². The number of aryl methyl sites for hydroxylation is 1. The van der Waals surface area contributed by atoms with Crippen LogP contribution in [0.15, 0.2) is 30.5 Å². The van der Waals surface area contributed by atoms with Gasteiger partial charge in [-0.15, -0.1) is 0 Å². The first-order valence-electron chi connectivity index (χ1n) is 10.7. The summed E-state index contributed by atoms with van der Waals surface area (Å²) in [6, 6.07) is 8.38. The van der Waals surface area contributed by atoms with E-state index in [4.69, 9.17) is 10.5 Å². The monoisotopic (exact) mass is 397 g/mol. The molecule has 158 valence electrons. The van der Waals surface area contributed by atoms with Gasteiger partial charge in [-0.2, -0.15) is 4.98 Å². The number of nitrogens with zero attached hydrogens (tertiary/aromatic N) is 3. The van der Waals surface area contributed by atoms with Gasteiger partial charge >= 0.3 is 0 Å². The van der Waals surface area contributed by atoms with Gasteiger partial charge in [0.05, 0.1) is 19.2 Å². The maximum absolute atomic E-state index is 5.90. The molecule has 0 amide bonds. The van der Waals surface area contributed by atoms with E-state index in [1.165, 1.54) is 18.4 Å². The van der Waals surface area contributed by atoms with E-state index in [-0.39, 0.29) is 0 Å². The lowest BCUT2D eigenvalue weighted by Gasteiger charge is -2.14. The van der Waals surface area contributed by atoms with Crippen LogP contribution in [-0.2, 0) is 13.0 Å². The molecule has 0 saturated heterocycles. The molecular formula is C23H35N5O. The standard InChI is InChI=1S/C21H29N5O.C2H6/c1-4-6-7-11-23-20-19-17(24-21(22)25-20)10-12-26(19)14-16-9-8-15(5-2)13-18(16)27-3;1-2/h8-10,12-13H,4-7,11,14H2,1-3H3,(H3,22,23,24,25);1-2H3. The second kappa shape index (κ2) is 11.3. The van der Waals surface area contributed by atoms with E-state index in [9.17, 15) is 0 Å². The molecule has 1 aromatic carbocycles. The average Bonchev–Trinajstić information content (AvgIpc) is 3.15. The predicted octanol–water partition coefficient (Wildman–Crippen LogP) is 5.26. The third-order valence-electron chi connectivity index (χ3n) is 4.80. The van der Waals surface area contributed by atoms with Gasteiger partial charge in [0, 0.05) is 18.3 Å². The molecule has 0 aliphatic rings. The zero-order valence-electron chi connectivity index (χ0n) is 18.5. The fourth-order valence-corrected chi connectivity index (χ4v) is 3.28. The van der Waals surface area contributed by atoms with E-state index < -0.39 is 0 Å². The highest BCUT2D eigenvalue weighted by Gasteiger charge is 2.13. The molecule has 2 aromatic heterocycles. The van der Waals surface area contributed by atoms with Crippen molar-refractivity contribution >= 4 is 22.8 Å². The largest absolute Gasteiger partial charge is 0.496 e. The van der Waals surface area contributed by atoms with Gasteiger partial charge in [0.2, 0.25) is 5.95 Å². The molecule has 6 heteroatoms. The number of anilines is 2. The van der Waals surface area contributed by atoms with Crippen molar-refractivity contribution in [2.75, 3.05) is 24.7 Å². The highest BCUT2D eigenvalue weighted by molar-refractivity contribution is 5.87. The summed E-state index contributed by atoms with van der Waals surface area (Å²) in [6.07, 6.45) is 6.51. The minimum absolute atomic E-state index is 0.295. The van der Waals surface area contributed by atoms with E-state index in [0.29, 0.717) is 12.5 Å². The van der Waals surface area contributed by atoms with Crippen molar-refractivity contribution in [2.45, 2.75) is 59.9 Å². The lowest BCUT2D eigenvalue weighted by Crippen LogP contribution is -2.09. The fourth-order valence-electron chi connectivity index (χ4n) is 3.28. The maximum Gasteiger partial charge on any atom is 0.222 e. The first-order chi connectivity index (χ1) is 14.2. The number of ether oxygens (including phenoxy) is 1. The van der Waals surface area contributed by atoms with E-state index in [2.05, 4.69) is 51.9 Å². The van der Waals surface area contributed by atoms with Crippen molar-refractivity contribution < 1.29 is 4.74 Å². The number of nitrogens with two attached hydrogens (primary N) is 1. The smallest absolute Gasteiger partial charge is 0.222 e. The number of aromatic nitrogens is 3. The zero-order chi connectivity index (χ0) is 21.2. The van der Waals surface area contributed by atoms with Crippen molar-refractivity contribution in [3.8, 4) is 5.75 Å². The third-order valence-corrected chi connectivity index (χ3v) is 4.80. The maximum atomic E-state index is 5.90. The molecule has 0 aliphatic carbocycles. The SMILES string of the molecule is CC.CCCCCNc1nc(N)nc2ccn(Cc3ccc(CC)cc3OC)c12. The van der Waals surface area contributed by atoms with Gasteiger partial charge in [0.1, 0.15) is 11.3 Å². The molecule has 2 heterocycles. The Morgan fingerprint density at radius 2 is 1.90 bits per heavy atom. The van der Waals surface area contributed by atoms with Gasteiger partial charge in [-0.05, 0) is 30.5 Å². The quantitative estimate of drug-likeness (QED) is 0.482. The van der Waals surface area contributed by atoms with Gasteiger partial charge in [-0.1, -0.05) is 52.7 Å². The highest BCUT2D eigenvalue weighted by Crippen LogP contribution is 2.27. The third kappa shape index (κ3) is 5.62. The highest BCUT2D eigenvalue weighted by atomic mass is 16.5. The van der Waals surface area contributed by atoms with Gasteiger partial charge in [-0.3, -0.25) is 0 Å². The fraction of sp³-hybridized carbons (Fsp3) is 0.478. The van der Waals surface area contributed by atoms with Crippen LogP contribution in [0.5, 0.6) is 5.75 Å². The van der Waals surface area contributed by atoms with Crippen molar-refractivity contribution in [1.82, 2.24) is 14.5 Å². The summed E-state index contributed by atoms with van der Waals surface area (Å²) in [7, 11) is 1.72. The Hall–Kier alpha value is -2.76. The van der Waals surface area contributed by atoms with Crippen molar-refractivity contribution in [3.05, 3.63) is 41.6 Å². The number of methoxy groups -OCH3 is 1. The first kappa shape index (κ1) is 22.5. The van der Waals surface area contributed by atoms with Crippen LogP contribution in [0.1, 0.15) is 58.1 Å². The molecule has 3 aromatic rings. The number of fused-ring (bicyclic) bond motifs is 1. The molecule has 0 atom stereocenters. The minimum atomic E-state index is 0.295. The van der Waals surface area contributed by atoms with Crippen LogP contribution in [0, 0.1) is 0 Å². The van der Waals surface area contributed by atoms with Crippen LogP contribution in [0.2, 0.25) is 0 Å². The predicted molar refractivity (Wildman–Crippen MR) is 123 cm³/mol. The number of rotatable bonds is 9. The Morgan fingerprint density at radius 3 is 2.59 bits per heavy atom. The lowest BCUT2D eigenvalue weighted by atomic mass is 10.1. The Morgan fingerprint density at radius 1 is 1.10 bits per heavy atom. The molecule has 0 aliphatic heterocycles. The van der Waals surface area contributed by atoms with E-state index in [0.717, 1.165) is 47.6 Å². The van der Waals surface area contributed by atoms with Crippen LogP contribution in [0.4, 0.5) is 11.8 Å². The van der Waals surface area contributed by atoms with E-state index in [1.54, 1.807) is 7.11 Å². The lowest BCUT2D eigenvalue weighted by molar-refractivity contribution is 0.408. The van der Waals surface area contributed by atoms with Crippen LogP contribution in [0.3, 0.4) is 0 Å². The summed E-state index contributed by atoms with van der Waals surface area (Å²) in [5.41, 5.74) is 10.1. The molecule has 0 bridgehead atoms. The molecule has 0 radical (unpaired) electrons. The second-order valence-electron chi connectivity index (χ2n) is 6.74. The summed E-state index contributed by atoms with van der Waals surface area (Å²) in [5, 5.41) is 3.44. The Kier molecular flexibility index (Phi) is 8.77. The number of benzene rings is 1. The number of nitrogens with one attached hydrogen (secondary N) is 1. The summed E-state index contributed by atoms with van der Waals surface area (Å²) < 4.78 is 7.76. The van der Waals surface area contributed by atoms with Crippen LogP contribution in [0.25, 0.3) is 11.0 Å². The van der Waals surface area contributed by atoms with Crippen molar-refractivity contribution in [1.29, 1.82) is 0 Å². The Bertz CT molecular complexity index is 904. The Balaban J connectivity index is 0.00000145. The zero-order valence-corrected chi connectivity index (χ0v) is 18.5. The Labute approximate surface area is 174 Å². The van der Waals surface area contributed by atoms with Gasteiger partial charge in [-0.25, -0.2) is 4.98 Å². The van der Waals surface area contributed by atoms with Crippen molar-refractivity contribution in [3.63, 3.8) is 0 Å². The summed E-state index contributed by atoms with van der Waals surface area (Å²) >= 11 is 0. The van der Waals surface area contributed by atoms with E-state index >= 15 is 0 Å². The summed E-state index contributed by atoms with van der Waals surface area (Å²) in [5.74, 6) is 2.00. The molecular weight excluding hydrogens is 362 g/mol. The average molecular weight is 398 g/mol. The summed E-state index contributed by atoms with van der Waals surface area (Å²) in [6.45, 7) is 9.90. The summed E-state index contributed by atoms with van der Waals surface area (Å²) in [4.78, 5) is 8.83. The molecule has 3 rings (SSSR count). The minimum Gasteiger partial charge on any atom is -0.496 e. The van der Waals surface area contributed by atoms with Gasteiger partial charge in [0.15, 0.2) is 5.82 Å². The van der Waals surface area contributed by atoms with Gasteiger partial charge in [0.25, 0.3) is 0 Å². The molecule has 0 unspecified atom stereocenters. The topological polar surface area (TPSA) is 78.0 Å².